The van der Waals surface area contributed by atoms with Crippen LogP contribution in [0.2, 0.25) is 0 Å². The van der Waals surface area contributed by atoms with E-state index in [4.69, 9.17) is 9.47 Å². The Morgan fingerprint density at radius 3 is 1.26 bits per heavy atom. The number of carbonyl (C=O) groups excluding carboxylic acids is 6. The van der Waals surface area contributed by atoms with Crippen LogP contribution < -0.4 is 9.47 Å². The molecule has 0 unspecified atom stereocenters. The lowest BCUT2D eigenvalue weighted by Crippen LogP contribution is -2.30. The molecule has 170 valence electrons. The summed E-state index contributed by atoms with van der Waals surface area (Å²) in [5, 5.41) is 0. The Hall–Kier alpha value is -4.46. The smallest absolute Gasteiger partial charge is 0.308 e. The molecule has 0 radical (unpaired) electrons. The third-order valence-corrected chi connectivity index (χ3v) is 5.64. The van der Waals surface area contributed by atoms with Crippen LogP contribution in [-0.4, -0.2) is 35.1 Å². The molecule has 0 aliphatic heterocycles. The average Bonchev–Trinajstić information content (AvgIpc) is 2.77. The molecule has 0 saturated carbocycles. The molecule has 0 aromatic heterocycles. The molecule has 2 aromatic rings. The van der Waals surface area contributed by atoms with Gasteiger partial charge < -0.3 is 9.47 Å². The number of Topliss-reactive ketones (excluding diaryl/α,β-unsaturated/α-hetero) is 4. The normalized spacial score (nSPS) is 15.3. The van der Waals surface area contributed by atoms with Gasteiger partial charge in [-0.15, -0.1) is 0 Å². The molecule has 0 amide bonds. The van der Waals surface area contributed by atoms with Crippen molar-refractivity contribution in [2.45, 2.75) is 27.7 Å². The quantitative estimate of drug-likeness (QED) is 0.505. The third kappa shape index (κ3) is 3.40. The van der Waals surface area contributed by atoms with E-state index in [-0.39, 0.29) is 56.0 Å². The average molecular weight is 458 g/mol. The van der Waals surface area contributed by atoms with E-state index in [1.807, 2.05) is 0 Å². The van der Waals surface area contributed by atoms with Gasteiger partial charge in [0.1, 0.15) is 11.5 Å². The third-order valence-electron chi connectivity index (χ3n) is 5.64. The highest BCUT2D eigenvalue weighted by Gasteiger charge is 2.41. The number of hydrogen-bond donors (Lipinski definition) is 0. The Morgan fingerprint density at radius 2 is 0.941 bits per heavy atom. The van der Waals surface area contributed by atoms with E-state index >= 15 is 0 Å². The van der Waals surface area contributed by atoms with Gasteiger partial charge in [-0.05, 0) is 26.0 Å². The van der Waals surface area contributed by atoms with Crippen LogP contribution in [0.15, 0.2) is 58.7 Å². The first-order chi connectivity index (χ1) is 16.0. The minimum Gasteiger partial charge on any atom is -0.426 e. The van der Waals surface area contributed by atoms with Crippen LogP contribution in [0.25, 0.3) is 0 Å². The second-order valence-electron chi connectivity index (χ2n) is 7.86. The summed E-state index contributed by atoms with van der Waals surface area (Å²) in [6, 6.07) is 8.53. The Morgan fingerprint density at radius 1 is 0.588 bits per heavy atom. The summed E-state index contributed by atoms with van der Waals surface area (Å²) in [4.78, 5) is 76.8. The van der Waals surface area contributed by atoms with Gasteiger partial charge in [-0.1, -0.05) is 24.3 Å². The number of benzene rings is 2. The predicted molar refractivity (Wildman–Crippen MR) is 118 cm³/mol. The van der Waals surface area contributed by atoms with Crippen LogP contribution in [0.4, 0.5) is 0 Å². The van der Waals surface area contributed by atoms with Crippen LogP contribution in [-0.2, 0) is 9.59 Å². The highest BCUT2D eigenvalue weighted by Crippen LogP contribution is 2.41. The van der Waals surface area contributed by atoms with E-state index in [1.54, 1.807) is 0 Å². The monoisotopic (exact) mass is 458 g/mol. The van der Waals surface area contributed by atoms with Gasteiger partial charge in [-0.25, -0.2) is 0 Å². The van der Waals surface area contributed by atoms with Crippen molar-refractivity contribution in [3.63, 3.8) is 0 Å². The van der Waals surface area contributed by atoms with Crippen molar-refractivity contribution in [1.29, 1.82) is 0 Å². The second kappa shape index (κ2) is 8.15. The molecule has 0 spiro atoms. The van der Waals surface area contributed by atoms with E-state index in [9.17, 15) is 28.8 Å². The van der Waals surface area contributed by atoms with Crippen molar-refractivity contribution in [2.75, 3.05) is 0 Å². The summed E-state index contributed by atoms with van der Waals surface area (Å²) in [5.74, 6) is -4.18. The van der Waals surface area contributed by atoms with E-state index in [0.29, 0.717) is 0 Å². The lowest BCUT2D eigenvalue weighted by Gasteiger charge is -2.26. The molecule has 34 heavy (non-hydrogen) atoms. The topological polar surface area (TPSA) is 121 Å². The zero-order valence-electron chi connectivity index (χ0n) is 18.7. The van der Waals surface area contributed by atoms with Gasteiger partial charge in [0.2, 0.25) is 0 Å². The Labute approximate surface area is 193 Å². The number of esters is 2. The highest BCUT2D eigenvalue weighted by atomic mass is 16.5. The van der Waals surface area contributed by atoms with Gasteiger partial charge in [-0.2, -0.15) is 0 Å². The summed E-state index contributed by atoms with van der Waals surface area (Å²) >= 11 is 0. The summed E-state index contributed by atoms with van der Waals surface area (Å²) in [6.45, 7) is 5.09. The van der Waals surface area contributed by atoms with Gasteiger partial charge in [0.25, 0.3) is 0 Å². The number of rotatable bonds is 3. The van der Waals surface area contributed by atoms with Gasteiger partial charge in [0.05, 0.1) is 11.1 Å². The predicted octanol–water partition coefficient (Wildman–Crippen LogP) is 3.63. The standard InChI is InChI=1S/C26H18O8/c1-11-19(25(31)21-15(23(11)29)7-5-9-17(21)33-13(3)27)20-12(2)24(30)16-8-6-10-18(34-14(4)28)22(16)26(20)32/h5-10H,1-4H3. The van der Waals surface area contributed by atoms with Crippen molar-refractivity contribution >= 4 is 35.1 Å². The molecule has 0 fully saturated rings. The summed E-state index contributed by atoms with van der Waals surface area (Å²) in [6.07, 6.45) is 0. The minimum absolute atomic E-state index is 0.0265. The largest absolute Gasteiger partial charge is 0.426 e. The molecule has 8 nitrogen and oxygen atoms in total. The first-order valence-electron chi connectivity index (χ1n) is 10.3. The lowest BCUT2D eigenvalue weighted by atomic mass is 9.74. The Kier molecular flexibility index (Phi) is 5.45. The van der Waals surface area contributed by atoms with Crippen LogP contribution in [0.3, 0.4) is 0 Å². The number of fused-ring (bicyclic) bond motifs is 2. The number of ketones is 4. The van der Waals surface area contributed by atoms with Gasteiger partial charge >= 0.3 is 11.9 Å². The van der Waals surface area contributed by atoms with E-state index in [0.717, 1.165) is 13.8 Å². The van der Waals surface area contributed by atoms with Crippen molar-refractivity contribution in [3.8, 4) is 11.5 Å². The molecule has 0 saturated heterocycles. The van der Waals surface area contributed by atoms with Crippen LogP contribution in [0.1, 0.15) is 69.1 Å². The van der Waals surface area contributed by atoms with Gasteiger partial charge in [-0.3, -0.25) is 28.8 Å². The van der Waals surface area contributed by atoms with Crippen molar-refractivity contribution in [3.05, 3.63) is 80.9 Å². The lowest BCUT2D eigenvalue weighted by molar-refractivity contribution is -0.132. The molecule has 4 rings (SSSR count). The Balaban J connectivity index is 1.96. The zero-order valence-corrected chi connectivity index (χ0v) is 18.7. The number of allylic oxidation sites excluding steroid dienone is 4. The van der Waals surface area contributed by atoms with Crippen LogP contribution >= 0.6 is 0 Å². The van der Waals surface area contributed by atoms with Crippen molar-refractivity contribution in [2.24, 2.45) is 0 Å². The molecule has 0 N–H and O–H groups in total. The number of ether oxygens (including phenoxy) is 2. The van der Waals surface area contributed by atoms with Crippen molar-refractivity contribution < 1.29 is 38.2 Å². The Bertz CT molecular complexity index is 1330. The maximum atomic E-state index is 13.7. The van der Waals surface area contributed by atoms with Crippen LogP contribution in [0.5, 0.6) is 11.5 Å². The molecular weight excluding hydrogens is 440 g/mol. The number of hydrogen-bond acceptors (Lipinski definition) is 8. The fraction of sp³-hybridized carbons (Fsp3) is 0.154. The maximum absolute atomic E-state index is 13.7. The fourth-order valence-electron chi connectivity index (χ4n) is 4.21. The zero-order chi connectivity index (χ0) is 24.9. The first kappa shape index (κ1) is 22.7. The minimum atomic E-state index is -0.729. The van der Waals surface area contributed by atoms with E-state index in [2.05, 4.69) is 0 Å². The molecular formula is C26H18O8. The maximum Gasteiger partial charge on any atom is 0.308 e. The highest BCUT2D eigenvalue weighted by molar-refractivity contribution is 6.37. The number of carbonyl (C=O) groups is 6. The summed E-state index contributed by atoms with van der Waals surface area (Å²) in [7, 11) is 0. The van der Waals surface area contributed by atoms with Gasteiger partial charge in [0.15, 0.2) is 23.1 Å². The van der Waals surface area contributed by atoms with Crippen LogP contribution in [0, 0.1) is 0 Å². The van der Waals surface area contributed by atoms with E-state index < -0.39 is 35.1 Å². The summed E-state index contributed by atoms with van der Waals surface area (Å²) < 4.78 is 10.3. The second-order valence-corrected chi connectivity index (χ2v) is 7.86. The molecule has 0 bridgehead atoms. The molecule has 8 heteroatoms. The molecule has 0 heterocycles. The molecule has 2 aromatic carbocycles. The van der Waals surface area contributed by atoms with Crippen molar-refractivity contribution in [1.82, 2.24) is 0 Å². The van der Waals surface area contributed by atoms with Gasteiger partial charge in [0, 0.05) is 47.3 Å². The first-order valence-corrected chi connectivity index (χ1v) is 10.3. The van der Waals surface area contributed by atoms with E-state index in [1.165, 1.54) is 50.2 Å². The summed E-state index contributed by atoms with van der Waals surface area (Å²) in [5.41, 5.74) is -0.834. The SMILES string of the molecule is CC(=O)Oc1cccc2c1C(=O)C(C1=C(C)C(=O)c3cccc(OC(C)=O)c3C1=O)=C(C)C2=O. The molecule has 2 aliphatic rings. The molecule has 2 aliphatic carbocycles. The fourth-order valence-corrected chi connectivity index (χ4v) is 4.21. The molecule has 0 atom stereocenters.